The standard InChI is InChI=1S/C21H24ClN3O2S/c1-15-11-16(3-6-19(15)27-14-26-2)13-24-7-9-25(10-8-24)21-23-18-5-4-17(22)12-20(18)28-21/h3-6,11-12H,7-10,13-14H2,1-2H3. The van der Waals surface area contributed by atoms with Gasteiger partial charge < -0.3 is 14.4 Å². The molecule has 3 aromatic rings. The molecule has 2 aromatic carbocycles. The van der Waals surface area contributed by atoms with Crippen molar-refractivity contribution >= 4 is 38.3 Å². The number of nitrogens with zero attached hydrogens (tertiary/aromatic N) is 3. The van der Waals surface area contributed by atoms with Crippen molar-refractivity contribution in [2.45, 2.75) is 13.5 Å². The van der Waals surface area contributed by atoms with Crippen LogP contribution in [0.3, 0.4) is 0 Å². The summed E-state index contributed by atoms with van der Waals surface area (Å²) in [5, 5.41) is 1.86. The van der Waals surface area contributed by atoms with Gasteiger partial charge in [-0.25, -0.2) is 4.98 Å². The fraction of sp³-hybridized carbons (Fsp3) is 0.381. The van der Waals surface area contributed by atoms with Gasteiger partial charge in [-0.2, -0.15) is 0 Å². The Hall–Kier alpha value is -1.86. The zero-order chi connectivity index (χ0) is 19.5. The molecule has 0 atom stereocenters. The van der Waals surface area contributed by atoms with E-state index in [4.69, 9.17) is 26.1 Å². The Morgan fingerprint density at radius 1 is 1.11 bits per heavy atom. The molecule has 0 N–H and O–H groups in total. The Kier molecular flexibility index (Phi) is 6.01. The van der Waals surface area contributed by atoms with Gasteiger partial charge in [0.1, 0.15) is 5.75 Å². The van der Waals surface area contributed by atoms with E-state index in [0.29, 0.717) is 0 Å². The molecule has 0 amide bonds. The molecule has 28 heavy (non-hydrogen) atoms. The molecule has 1 aliphatic heterocycles. The SMILES string of the molecule is COCOc1ccc(CN2CCN(c3nc4ccc(Cl)cc4s3)CC2)cc1C. The molecule has 0 aliphatic carbocycles. The normalized spacial score (nSPS) is 15.3. The van der Waals surface area contributed by atoms with Crippen LogP contribution in [0, 0.1) is 6.92 Å². The fourth-order valence-corrected chi connectivity index (χ4v) is 4.76. The van der Waals surface area contributed by atoms with Gasteiger partial charge in [0.15, 0.2) is 11.9 Å². The third-order valence-corrected chi connectivity index (χ3v) is 6.27. The Morgan fingerprint density at radius 3 is 2.68 bits per heavy atom. The first-order valence-electron chi connectivity index (χ1n) is 9.37. The predicted octanol–water partition coefficient (Wildman–Crippen LogP) is 4.56. The predicted molar refractivity (Wildman–Crippen MR) is 116 cm³/mol. The quantitative estimate of drug-likeness (QED) is 0.549. The first-order valence-corrected chi connectivity index (χ1v) is 10.6. The van der Waals surface area contributed by atoms with E-state index in [1.807, 2.05) is 24.3 Å². The summed E-state index contributed by atoms with van der Waals surface area (Å²) in [6.45, 7) is 7.33. The van der Waals surface area contributed by atoms with Gasteiger partial charge in [0, 0.05) is 44.9 Å². The Morgan fingerprint density at radius 2 is 1.93 bits per heavy atom. The zero-order valence-corrected chi connectivity index (χ0v) is 17.7. The van der Waals surface area contributed by atoms with E-state index in [1.165, 1.54) is 5.56 Å². The summed E-state index contributed by atoms with van der Waals surface area (Å²) in [6, 6.07) is 12.3. The number of hydrogen-bond acceptors (Lipinski definition) is 6. The number of anilines is 1. The first-order chi connectivity index (χ1) is 13.6. The Labute approximate surface area is 174 Å². The molecule has 1 saturated heterocycles. The van der Waals surface area contributed by atoms with Gasteiger partial charge >= 0.3 is 0 Å². The van der Waals surface area contributed by atoms with Crippen molar-refractivity contribution in [3.05, 3.63) is 52.5 Å². The maximum Gasteiger partial charge on any atom is 0.188 e. The highest BCUT2D eigenvalue weighted by Gasteiger charge is 2.20. The van der Waals surface area contributed by atoms with Crippen molar-refractivity contribution in [1.82, 2.24) is 9.88 Å². The van der Waals surface area contributed by atoms with Crippen LogP contribution in [0.1, 0.15) is 11.1 Å². The van der Waals surface area contributed by atoms with Gasteiger partial charge in [0.05, 0.1) is 10.2 Å². The Bertz CT molecular complexity index is 954. The van der Waals surface area contributed by atoms with Gasteiger partial charge in [-0.05, 0) is 42.3 Å². The number of methoxy groups -OCH3 is 1. The summed E-state index contributed by atoms with van der Waals surface area (Å²) < 4.78 is 11.7. The maximum atomic E-state index is 6.10. The number of thiazole rings is 1. The number of halogens is 1. The number of aromatic nitrogens is 1. The van der Waals surface area contributed by atoms with Crippen LogP contribution in [-0.2, 0) is 11.3 Å². The fourth-order valence-electron chi connectivity index (χ4n) is 3.47. The average Bonchev–Trinajstić information content (AvgIpc) is 3.11. The van der Waals surface area contributed by atoms with E-state index in [1.54, 1.807) is 18.4 Å². The number of hydrogen-bond donors (Lipinski definition) is 0. The first kappa shape index (κ1) is 19.5. The summed E-state index contributed by atoms with van der Waals surface area (Å²) in [6.07, 6.45) is 0. The lowest BCUT2D eigenvalue weighted by atomic mass is 10.1. The number of fused-ring (bicyclic) bond motifs is 1. The summed E-state index contributed by atoms with van der Waals surface area (Å²) in [7, 11) is 1.63. The third-order valence-electron chi connectivity index (χ3n) is 4.96. The molecular weight excluding hydrogens is 394 g/mol. The molecule has 0 bridgehead atoms. The molecule has 0 saturated carbocycles. The number of ether oxygens (including phenoxy) is 2. The van der Waals surface area contributed by atoms with E-state index in [9.17, 15) is 0 Å². The lowest BCUT2D eigenvalue weighted by Crippen LogP contribution is -2.45. The van der Waals surface area contributed by atoms with Crippen LogP contribution in [0.15, 0.2) is 36.4 Å². The minimum absolute atomic E-state index is 0.278. The molecule has 1 aromatic heterocycles. The molecule has 7 heteroatoms. The van der Waals surface area contributed by atoms with E-state index >= 15 is 0 Å². The highest BCUT2D eigenvalue weighted by Crippen LogP contribution is 2.31. The highest BCUT2D eigenvalue weighted by molar-refractivity contribution is 7.22. The molecule has 0 spiro atoms. The van der Waals surface area contributed by atoms with Crippen LogP contribution in [0.5, 0.6) is 5.75 Å². The molecule has 5 nitrogen and oxygen atoms in total. The van der Waals surface area contributed by atoms with Gasteiger partial charge in [0.2, 0.25) is 0 Å². The van der Waals surface area contributed by atoms with E-state index in [0.717, 1.165) is 64.4 Å². The molecular formula is C21H24ClN3O2S. The van der Waals surface area contributed by atoms with Crippen LogP contribution in [0.4, 0.5) is 5.13 Å². The largest absolute Gasteiger partial charge is 0.467 e. The second-order valence-electron chi connectivity index (χ2n) is 7.02. The molecule has 0 radical (unpaired) electrons. The third kappa shape index (κ3) is 4.41. The average molecular weight is 418 g/mol. The topological polar surface area (TPSA) is 37.8 Å². The molecule has 0 unspecified atom stereocenters. The number of benzene rings is 2. The van der Waals surface area contributed by atoms with Gasteiger partial charge in [-0.15, -0.1) is 0 Å². The van der Waals surface area contributed by atoms with Crippen molar-refractivity contribution in [1.29, 1.82) is 0 Å². The van der Waals surface area contributed by atoms with Crippen molar-refractivity contribution in [3.8, 4) is 5.75 Å². The van der Waals surface area contributed by atoms with Gasteiger partial charge in [-0.1, -0.05) is 35.1 Å². The van der Waals surface area contributed by atoms with E-state index in [2.05, 4.69) is 28.9 Å². The summed E-state index contributed by atoms with van der Waals surface area (Å²) in [5.74, 6) is 0.881. The number of piperazine rings is 1. The lowest BCUT2D eigenvalue weighted by molar-refractivity contribution is 0.0506. The molecule has 148 valence electrons. The Balaban J connectivity index is 1.35. The van der Waals surface area contributed by atoms with Crippen molar-refractivity contribution in [2.75, 3.05) is 45.0 Å². The maximum absolute atomic E-state index is 6.10. The number of rotatable bonds is 6. The van der Waals surface area contributed by atoms with Crippen molar-refractivity contribution in [3.63, 3.8) is 0 Å². The van der Waals surface area contributed by atoms with Crippen LogP contribution in [-0.4, -0.2) is 50.0 Å². The van der Waals surface area contributed by atoms with Crippen LogP contribution >= 0.6 is 22.9 Å². The minimum Gasteiger partial charge on any atom is -0.467 e. The van der Waals surface area contributed by atoms with E-state index < -0.39 is 0 Å². The second-order valence-corrected chi connectivity index (χ2v) is 8.47. The summed E-state index contributed by atoms with van der Waals surface area (Å²) >= 11 is 7.82. The van der Waals surface area contributed by atoms with E-state index in [-0.39, 0.29) is 6.79 Å². The highest BCUT2D eigenvalue weighted by atomic mass is 35.5. The van der Waals surface area contributed by atoms with Crippen LogP contribution < -0.4 is 9.64 Å². The van der Waals surface area contributed by atoms with Crippen molar-refractivity contribution in [2.24, 2.45) is 0 Å². The number of aryl methyl sites for hydroxylation is 1. The summed E-state index contributed by atoms with van der Waals surface area (Å²) in [5.41, 5.74) is 3.48. The smallest absolute Gasteiger partial charge is 0.188 e. The van der Waals surface area contributed by atoms with Gasteiger partial charge in [0.25, 0.3) is 0 Å². The second kappa shape index (κ2) is 8.66. The van der Waals surface area contributed by atoms with Crippen molar-refractivity contribution < 1.29 is 9.47 Å². The van der Waals surface area contributed by atoms with Crippen LogP contribution in [0.2, 0.25) is 5.02 Å². The van der Waals surface area contributed by atoms with Gasteiger partial charge in [-0.3, -0.25) is 4.90 Å². The minimum atomic E-state index is 0.278. The lowest BCUT2D eigenvalue weighted by Gasteiger charge is -2.34. The zero-order valence-electron chi connectivity index (χ0n) is 16.2. The monoisotopic (exact) mass is 417 g/mol. The molecule has 1 aliphatic rings. The molecule has 2 heterocycles. The summed E-state index contributed by atoms with van der Waals surface area (Å²) in [4.78, 5) is 9.64. The van der Waals surface area contributed by atoms with Crippen LogP contribution in [0.25, 0.3) is 10.2 Å². The molecule has 1 fully saturated rings. The molecule has 4 rings (SSSR count).